The van der Waals surface area contributed by atoms with Gasteiger partial charge in [-0.15, -0.1) is 0 Å². The van der Waals surface area contributed by atoms with Gasteiger partial charge in [-0.3, -0.25) is 4.79 Å². The van der Waals surface area contributed by atoms with E-state index in [4.69, 9.17) is 19.6 Å². The van der Waals surface area contributed by atoms with Crippen LogP contribution in [-0.4, -0.2) is 78.6 Å². The van der Waals surface area contributed by atoms with Crippen molar-refractivity contribution in [1.29, 1.82) is 0 Å². The lowest BCUT2D eigenvalue weighted by Crippen LogP contribution is -2.40. The van der Waals surface area contributed by atoms with Gasteiger partial charge >= 0.3 is 5.97 Å². The number of hydrogen-bond donors (Lipinski definition) is 1. The van der Waals surface area contributed by atoms with E-state index in [2.05, 4.69) is 19.8 Å². The second-order valence-electron chi connectivity index (χ2n) is 6.73. The highest BCUT2D eigenvalue weighted by atomic mass is 16.5. The van der Waals surface area contributed by atoms with Crippen LogP contribution in [0.4, 0.5) is 11.9 Å². The molecule has 0 radical (unpaired) electrons. The minimum Gasteiger partial charge on any atom is -0.481 e. The molecule has 2 fully saturated rings. The Balaban J connectivity index is 1.67. The van der Waals surface area contributed by atoms with Gasteiger partial charge in [0, 0.05) is 31.7 Å². The summed E-state index contributed by atoms with van der Waals surface area (Å²) in [5.41, 5.74) is 1.58. The van der Waals surface area contributed by atoms with Crippen molar-refractivity contribution in [3.05, 3.63) is 29.8 Å². The summed E-state index contributed by atoms with van der Waals surface area (Å²) in [5, 5.41) is 8.95. The molecule has 2 saturated heterocycles. The van der Waals surface area contributed by atoms with E-state index in [1.165, 1.54) is 0 Å². The summed E-state index contributed by atoms with van der Waals surface area (Å²) in [6.45, 7) is 5.56. The SMILES string of the molecule is O=C(O)Cc1ccc(-c2nc(N3CCOCC3)nc(N3CCOCC3)n2)cc1. The second-order valence-corrected chi connectivity index (χ2v) is 6.73. The Hall–Kier alpha value is -2.78. The van der Waals surface area contributed by atoms with Crippen LogP contribution in [0.5, 0.6) is 0 Å². The minimum absolute atomic E-state index is 0.00443. The van der Waals surface area contributed by atoms with Gasteiger partial charge in [-0.1, -0.05) is 24.3 Å². The van der Waals surface area contributed by atoms with Crippen LogP contribution in [0.15, 0.2) is 24.3 Å². The molecule has 3 heterocycles. The normalized spacial score (nSPS) is 17.6. The van der Waals surface area contributed by atoms with Gasteiger partial charge < -0.3 is 24.4 Å². The number of aliphatic carboxylic acids is 1. The monoisotopic (exact) mass is 385 g/mol. The smallest absolute Gasteiger partial charge is 0.307 e. The number of aromatic nitrogens is 3. The zero-order chi connectivity index (χ0) is 19.3. The van der Waals surface area contributed by atoms with Crippen LogP contribution >= 0.6 is 0 Å². The lowest BCUT2D eigenvalue weighted by Gasteiger charge is -2.30. The maximum atomic E-state index is 10.9. The molecule has 0 atom stereocenters. The number of benzene rings is 1. The van der Waals surface area contributed by atoms with E-state index >= 15 is 0 Å². The van der Waals surface area contributed by atoms with Gasteiger partial charge in [0.25, 0.3) is 0 Å². The summed E-state index contributed by atoms with van der Waals surface area (Å²) < 4.78 is 10.9. The molecule has 1 aromatic heterocycles. The van der Waals surface area contributed by atoms with Crippen LogP contribution < -0.4 is 9.80 Å². The topological polar surface area (TPSA) is 101 Å². The summed E-state index contributed by atoms with van der Waals surface area (Å²) in [6, 6.07) is 7.33. The highest BCUT2D eigenvalue weighted by molar-refractivity contribution is 5.70. The van der Waals surface area contributed by atoms with Crippen molar-refractivity contribution in [2.24, 2.45) is 0 Å². The van der Waals surface area contributed by atoms with Crippen LogP contribution in [0.1, 0.15) is 5.56 Å². The molecule has 4 rings (SSSR count). The first kappa shape index (κ1) is 18.6. The van der Waals surface area contributed by atoms with Crippen LogP contribution in [0.3, 0.4) is 0 Å². The number of anilines is 2. The van der Waals surface area contributed by atoms with Crippen LogP contribution in [-0.2, 0) is 20.7 Å². The highest BCUT2D eigenvalue weighted by Gasteiger charge is 2.21. The van der Waals surface area contributed by atoms with Crippen LogP contribution in [0.2, 0.25) is 0 Å². The van der Waals surface area contributed by atoms with Gasteiger partial charge in [0.2, 0.25) is 11.9 Å². The number of carbonyl (C=O) groups is 1. The van der Waals surface area contributed by atoms with E-state index < -0.39 is 5.97 Å². The first-order valence-electron chi connectivity index (χ1n) is 9.41. The lowest BCUT2D eigenvalue weighted by molar-refractivity contribution is -0.136. The van der Waals surface area contributed by atoms with Gasteiger partial charge in [0.15, 0.2) is 5.82 Å². The number of ether oxygens (including phenoxy) is 2. The van der Waals surface area contributed by atoms with E-state index in [0.29, 0.717) is 44.1 Å². The Morgan fingerprint density at radius 3 is 1.82 bits per heavy atom. The predicted octanol–water partition coefficient (Wildman–Crippen LogP) is 0.839. The van der Waals surface area contributed by atoms with Crippen molar-refractivity contribution in [2.45, 2.75) is 6.42 Å². The van der Waals surface area contributed by atoms with Crippen molar-refractivity contribution in [3.8, 4) is 11.4 Å². The van der Waals surface area contributed by atoms with E-state index in [1.807, 2.05) is 12.1 Å². The maximum absolute atomic E-state index is 10.9. The molecule has 9 heteroatoms. The Labute approximate surface area is 162 Å². The van der Waals surface area contributed by atoms with Gasteiger partial charge in [-0.05, 0) is 5.56 Å². The van der Waals surface area contributed by atoms with E-state index in [-0.39, 0.29) is 6.42 Å². The molecular weight excluding hydrogens is 362 g/mol. The molecule has 0 amide bonds. The first-order chi connectivity index (χ1) is 13.7. The Bertz CT molecular complexity index is 781. The third kappa shape index (κ3) is 4.37. The number of rotatable bonds is 5. The molecule has 2 aliphatic rings. The lowest BCUT2D eigenvalue weighted by atomic mass is 10.1. The molecular formula is C19H23N5O4. The van der Waals surface area contributed by atoms with Crippen molar-refractivity contribution in [3.63, 3.8) is 0 Å². The number of nitrogens with zero attached hydrogens (tertiary/aromatic N) is 5. The quantitative estimate of drug-likeness (QED) is 0.802. The van der Waals surface area contributed by atoms with Gasteiger partial charge in [0.1, 0.15) is 0 Å². The zero-order valence-electron chi connectivity index (χ0n) is 15.6. The molecule has 9 nitrogen and oxygen atoms in total. The van der Waals surface area contributed by atoms with Crippen molar-refractivity contribution in [1.82, 2.24) is 15.0 Å². The Morgan fingerprint density at radius 1 is 0.857 bits per heavy atom. The number of hydrogen-bond acceptors (Lipinski definition) is 8. The van der Waals surface area contributed by atoms with E-state index in [1.54, 1.807) is 12.1 Å². The molecule has 148 valence electrons. The standard InChI is InChI=1S/C19H23N5O4/c25-16(26)13-14-1-3-15(4-2-14)17-20-18(23-5-9-27-10-6-23)22-19(21-17)24-7-11-28-12-8-24/h1-4H,5-13H2,(H,25,26). The van der Waals surface area contributed by atoms with Crippen LogP contribution in [0, 0.1) is 0 Å². The first-order valence-corrected chi connectivity index (χ1v) is 9.41. The largest absolute Gasteiger partial charge is 0.481 e. The molecule has 0 aliphatic carbocycles. The highest BCUT2D eigenvalue weighted by Crippen LogP contribution is 2.23. The molecule has 0 saturated carbocycles. The van der Waals surface area contributed by atoms with Crippen LogP contribution in [0.25, 0.3) is 11.4 Å². The third-order valence-electron chi connectivity index (χ3n) is 4.77. The molecule has 2 aromatic rings. The summed E-state index contributed by atoms with van der Waals surface area (Å²) in [4.78, 5) is 29.2. The molecule has 2 aliphatic heterocycles. The number of morpholine rings is 2. The Kier molecular flexibility index (Phi) is 5.63. The van der Waals surface area contributed by atoms with Crippen molar-refractivity contribution in [2.75, 3.05) is 62.4 Å². The number of carboxylic acid groups (broad SMARTS) is 1. The van der Waals surface area contributed by atoms with Crippen molar-refractivity contribution >= 4 is 17.9 Å². The molecule has 1 N–H and O–H groups in total. The molecule has 1 aromatic carbocycles. The van der Waals surface area contributed by atoms with Crippen molar-refractivity contribution < 1.29 is 19.4 Å². The molecule has 0 bridgehead atoms. The minimum atomic E-state index is -0.850. The summed E-state index contributed by atoms with van der Waals surface area (Å²) in [7, 11) is 0. The fraction of sp³-hybridized carbons (Fsp3) is 0.474. The summed E-state index contributed by atoms with van der Waals surface area (Å²) in [5.74, 6) is 1.02. The van der Waals surface area contributed by atoms with Gasteiger partial charge in [0.05, 0.1) is 32.8 Å². The fourth-order valence-corrected chi connectivity index (χ4v) is 3.24. The molecule has 0 unspecified atom stereocenters. The maximum Gasteiger partial charge on any atom is 0.307 e. The molecule has 28 heavy (non-hydrogen) atoms. The van der Waals surface area contributed by atoms with Gasteiger partial charge in [-0.2, -0.15) is 15.0 Å². The van der Waals surface area contributed by atoms with Gasteiger partial charge in [-0.25, -0.2) is 0 Å². The second kappa shape index (κ2) is 8.49. The van der Waals surface area contributed by atoms with E-state index in [9.17, 15) is 4.79 Å². The fourth-order valence-electron chi connectivity index (χ4n) is 3.24. The zero-order valence-corrected chi connectivity index (χ0v) is 15.6. The third-order valence-corrected chi connectivity index (χ3v) is 4.77. The predicted molar refractivity (Wildman–Crippen MR) is 103 cm³/mol. The van der Waals surface area contributed by atoms with E-state index in [0.717, 1.165) is 37.3 Å². The Morgan fingerprint density at radius 2 is 1.36 bits per heavy atom. The summed E-state index contributed by atoms with van der Waals surface area (Å²) >= 11 is 0. The molecule has 0 spiro atoms. The average molecular weight is 385 g/mol. The number of carboxylic acids is 1. The summed E-state index contributed by atoms with van der Waals surface area (Å²) in [6.07, 6.45) is -0.00443. The average Bonchev–Trinajstić information content (AvgIpc) is 2.75.